The van der Waals surface area contributed by atoms with Crippen LogP contribution in [0.15, 0.2) is 5.16 Å². The van der Waals surface area contributed by atoms with Crippen molar-refractivity contribution in [3.8, 4) is 0 Å². The van der Waals surface area contributed by atoms with Crippen molar-refractivity contribution in [2.75, 3.05) is 6.61 Å². The summed E-state index contributed by atoms with van der Waals surface area (Å²) in [5, 5.41) is 11.8. The molecule has 0 aromatic carbocycles. The maximum absolute atomic E-state index is 10.1. The fraction of sp³-hybridized carbons (Fsp3) is 0.667. The van der Waals surface area contributed by atoms with E-state index in [0.29, 0.717) is 13.0 Å². The van der Waals surface area contributed by atoms with E-state index in [0.717, 1.165) is 0 Å². The third-order valence-electron chi connectivity index (χ3n) is 1.36. The highest BCUT2D eigenvalue weighted by Gasteiger charge is 2.12. The van der Waals surface area contributed by atoms with Crippen LogP contribution in [0.4, 0.5) is 0 Å². The second kappa shape index (κ2) is 3.20. The molecule has 0 aliphatic carbocycles. The molecule has 1 N–H and O–H groups in total. The summed E-state index contributed by atoms with van der Waals surface area (Å²) in [5.74, 6) is -0.559. The van der Waals surface area contributed by atoms with E-state index in [4.69, 9.17) is 5.11 Å². The van der Waals surface area contributed by atoms with Crippen LogP contribution in [0.3, 0.4) is 0 Å². The van der Waals surface area contributed by atoms with Crippen molar-refractivity contribution in [1.82, 2.24) is 0 Å². The van der Waals surface area contributed by atoms with Gasteiger partial charge < -0.3 is 9.94 Å². The van der Waals surface area contributed by atoms with Gasteiger partial charge in [-0.05, 0) is 6.42 Å². The fourth-order valence-electron chi connectivity index (χ4n) is 0.778. The average molecular weight is 143 g/mol. The average Bonchev–Trinajstić information content (AvgIpc) is 2.34. The first-order valence-electron chi connectivity index (χ1n) is 3.16. The molecular weight excluding hydrogens is 134 g/mol. The van der Waals surface area contributed by atoms with Gasteiger partial charge in [-0.25, -0.2) is 0 Å². The molecule has 10 heavy (non-hydrogen) atoms. The van der Waals surface area contributed by atoms with Crippen LogP contribution in [0.25, 0.3) is 0 Å². The maximum atomic E-state index is 10.1. The highest BCUT2D eigenvalue weighted by Crippen LogP contribution is 2.09. The van der Waals surface area contributed by atoms with E-state index < -0.39 is 5.97 Å². The maximum Gasteiger partial charge on any atom is 0.303 e. The molecule has 0 aromatic heterocycles. The molecule has 0 amide bonds. The van der Waals surface area contributed by atoms with Gasteiger partial charge in [-0.3, -0.25) is 4.79 Å². The normalized spacial score (nSPS) is 22.6. The standard InChI is InChI=1S/C6H9NO3/c8-6(9)2-1-5-3-7-10-4-5/h3,5H,1-2,4H2,(H,8,9). The van der Waals surface area contributed by atoms with Gasteiger partial charge in [0, 0.05) is 12.3 Å². The molecule has 56 valence electrons. The summed E-state index contributed by atoms with van der Waals surface area (Å²) >= 11 is 0. The Bertz CT molecular complexity index is 155. The number of carbonyl (C=O) groups is 1. The lowest BCUT2D eigenvalue weighted by atomic mass is 10.1. The molecule has 1 heterocycles. The monoisotopic (exact) mass is 143 g/mol. The van der Waals surface area contributed by atoms with E-state index in [2.05, 4.69) is 9.99 Å². The Kier molecular flexibility index (Phi) is 2.25. The smallest absolute Gasteiger partial charge is 0.303 e. The minimum Gasteiger partial charge on any atom is -0.481 e. The van der Waals surface area contributed by atoms with Gasteiger partial charge >= 0.3 is 5.97 Å². The second-order valence-corrected chi connectivity index (χ2v) is 2.24. The number of hydrogen-bond donors (Lipinski definition) is 1. The molecule has 0 saturated heterocycles. The van der Waals surface area contributed by atoms with Gasteiger partial charge in [0.15, 0.2) is 0 Å². The predicted octanol–water partition coefficient (Wildman–Crippen LogP) is 0.483. The molecule has 0 bridgehead atoms. The summed E-state index contributed by atoms with van der Waals surface area (Å²) in [7, 11) is 0. The summed E-state index contributed by atoms with van der Waals surface area (Å²) in [6, 6.07) is 0. The summed E-state index contributed by atoms with van der Waals surface area (Å²) in [4.78, 5) is 14.7. The number of carboxylic acids is 1. The molecule has 0 aromatic rings. The van der Waals surface area contributed by atoms with Gasteiger partial charge in [0.2, 0.25) is 0 Å². The van der Waals surface area contributed by atoms with Crippen LogP contribution in [0.1, 0.15) is 12.8 Å². The molecule has 0 fully saturated rings. The SMILES string of the molecule is O=C(O)CCC1C=NOC1. The van der Waals surface area contributed by atoms with Crippen LogP contribution in [-0.2, 0) is 9.63 Å². The molecule has 1 aliphatic rings. The molecule has 1 atom stereocenters. The molecule has 0 radical (unpaired) electrons. The Morgan fingerprint density at radius 2 is 2.70 bits per heavy atom. The Hall–Kier alpha value is -1.06. The largest absolute Gasteiger partial charge is 0.481 e. The second-order valence-electron chi connectivity index (χ2n) is 2.24. The minimum absolute atomic E-state index is 0.194. The van der Waals surface area contributed by atoms with Gasteiger partial charge in [-0.15, -0.1) is 0 Å². The lowest BCUT2D eigenvalue weighted by molar-refractivity contribution is -0.137. The van der Waals surface area contributed by atoms with E-state index in [1.54, 1.807) is 6.21 Å². The van der Waals surface area contributed by atoms with Crippen LogP contribution < -0.4 is 0 Å². The first-order valence-corrected chi connectivity index (χ1v) is 3.16. The van der Waals surface area contributed by atoms with Crippen LogP contribution in [0, 0.1) is 5.92 Å². The minimum atomic E-state index is -0.764. The quantitative estimate of drug-likeness (QED) is 0.625. The lowest BCUT2D eigenvalue weighted by Crippen LogP contribution is -2.06. The Labute approximate surface area is 58.5 Å². The van der Waals surface area contributed by atoms with Crippen molar-refractivity contribution in [2.45, 2.75) is 12.8 Å². The number of oxime groups is 1. The highest BCUT2D eigenvalue weighted by atomic mass is 16.6. The van der Waals surface area contributed by atoms with Gasteiger partial charge in [-0.2, -0.15) is 0 Å². The zero-order valence-corrected chi connectivity index (χ0v) is 5.49. The summed E-state index contributed by atoms with van der Waals surface area (Å²) < 4.78 is 0. The van der Waals surface area contributed by atoms with Gasteiger partial charge in [-0.1, -0.05) is 5.16 Å². The molecular formula is C6H9NO3. The van der Waals surface area contributed by atoms with Crippen molar-refractivity contribution in [1.29, 1.82) is 0 Å². The van der Waals surface area contributed by atoms with Crippen molar-refractivity contribution in [3.05, 3.63) is 0 Å². The van der Waals surface area contributed by atoms with E-state index in [9.17, 15) is 4.79 Å². The number of hydrogen-bond acceptors (Lipinski definition) is 3. The van der Waals surface area contributed by atoms with Crippen molar-refractivity contribution in [2.24, 2.45) is 11.1 Å². The van der Waals surface area contributed by atoms with Gasteiger partial charge in [0.25, 0.3) is 0 Å². The van der Waals surface area contributed by atoms with Crippen LogP contribution in [0.5, 0.6) is 0 Å². The van der Waals surface area contributed by atoms with Crippen LogP contribution in [0.2, 0.25) is 0 Å². The Morgan fingerprint density at radius 1 is 1.90 bits per heavy atom. The van der Waals surface area contributed by atoms with Gasteiger partial charge in [0.05, 0.1) is 6.21 Å². The highest BCUT2D eigenvalue weighted by molar-refractivity contribution is 5.68. The number of nitrogens with zero attached hydrogens (tertiary/aromatic N) is 1. The summed E-state index contributed by atoms with van der Waals surface area (Å²) in [6.45, 7) is 0.535. The molecule has 4 nitrogen and oxygen atoms in total. The molecule has 4 heteroatoms. The Morgan fingerprint density at radius 3 is 3.20 bits per heavy atom. The fourth-order valence-corrected chi connectivity index (χ4v) is 0.778. The van der Waals surface area contributed by atoms with Crippen molar-refractivity contribution in [3.63, 3.8) is 0 Å². The van der Waals surface area contributed by atoms with E-state index in [1.807, 2.05) is 0 Å². The molecule has 1 unspecified atom stereocenters. The van der Waals surface area contributed by atoms with Crippen LogP contribution >= 0.6 is 0 Å². The van der Waals surface area contributed by atoms with E-state index in [-0.39, 0.29) is 12.3 Å². The molecule has 1 rings (SSSR count). The number of rotatable bonds is 3. The first-order chi connectivity index (χ1) is 4.79. The van der Waals surface area contributed by atoms with Crippen molar-refractivity contribution >= 4 is 12.2 Å². The topological polar surface area (TPSA) is 58.9 Å². The zero-order valence-electron chi connectivity index (χ0n) is 5.49. The van der Waals surface area contributed by atoms with E-state index >= 15 is 0 Å². The van der Waals surface area contributed by atoms with E-state index in [1.165, 1.54) is 0 Å². The third kappa shape index (κ3) is 2.05. The number of carboxylic acid groups (broad SMARTS) is 1. The summed E-state index contributed by atoms with van der Waals surface area (Å²) in [5.41, 5.74) is 0. The van der Waals surface area contributed by atoms with Crippen LogP contribution in [-0.4, -0.2) is 23.9 Å². The zero-order chi connectivity index (χ0) is 7.40. The molecule has 0 spiro atoms. The molecule has 1 aliphatic heterocycles. The molecule has 0 saturated carbocycles. The lowest BCUT2D eigenvalue weighted by Gasteiger charge is -1.99. The van der Waals surface area contributed by atoms with Crippen molar-refractivity contribution < 1.29 is 14.7 Å². The number of aliphatic carboxylic acids is 1. The summed E-state index contributed by atoms with van der Waals surface area (Å²) in [6.07, 6.45) is 2.47. The predicted molar refractivity (Wildman–Crippen MR) is 34.8 cm³/mol. The third-order valence-corrected chi connectivity index (χ3v) is 1.36. The first kappa shape index (κ1) is 7.05. The Balaban J connectivity index is 2.13. The van der Waals surface area contributed by atoms with Gasteiger partial charge in [0.1, 0.15) is 6.61 Å².